The summed E-state index contributed by atoms with van der Waals surface area (Å²) in [6.07, 6.45) is 19.2. The van der Waals surface area contributed by atoms with Crippen LogP contribution in [0.1, 0.15) is 109 Å². The molecule has 0 aliphatic carbocycles. The van der Waals surface area contributed by atoms with Gasteiger partial charge in [0.2, 0.25) is 0 Å². The summed E-state index contributed by atoms with van der Waals surface area (Å²) in [5, 5.41) is 41.7. The molecule has 0 unspecified atom stereocenters. The minimum Gasteiger partial charge on any atom is -0.481 e. The van der Waals surface area contributed by atoms with Crippen molar-refractivity contribution in [1.29, 1.82) is 0 Å². The first kappa shape index (κ1) is 29.1. The zero-order chi connectivity index (χ0) is 22.0. The molecule has 0 aliphatic rings. The Labute approximate surface area is 177 Å². The van der Waals surface area contributed by atoms with Crippen LogP contribution in [0, 0.1) is 0 Å². The van der Waals surface area contributed by atoms with Crippen LogP contribution >= 0.6 is 0 Å². The van der Waals surface area contributed by atoms with E-state index >= 15 is 0 Å². The second-order valence-electron chi connectivity index (χ2n) is 7.11. The van der Waals surface area contributed by atoms with Gasteiger partial charge in [-0.15, -0.1) is 0 Å². The molecule has 0 aliphatic heterocycles. The number of unbranched alkanes of at least 4 members (excludes halogenated alkanes) is 15. The van der Waals surface area contributed by atoms with E-state index in [2.05, 4.69) is 40.2 Å². The number of hydrogen-bond donors (Lipinski definition) is 2. The van der Waals surface area contributed by atoms with Crippen molar-refractivity contribution in [2.45, 2.75) is 109 Å². The molecule has 0 saturated carbocycles. The minimum atomic E-state index is -0.684. The maximum atomic E-state index is 10.4. The average Bonchev–Trinajstić information content (AvgIpc) is 2.73. The van der Waals surface area contributed by atoms with E-state index in [1.165, 1.54) is 64.2 Å². The molecule has 0 aromatic carbocycles. The SMILES string of the molecule is O=C(O)CCCCCCCCCCCCCCCCCCOOOOOOOOO. The van der Waals surface area contributed by atoms with Gasteiger partial charge in [0.15, 0.2) is 0 Å². The van der Waals surface area contributed by atoms with Crippen molar-refractivity contribution >= 4 is 5.97 Å². The molecule has 0 atom stereocenters. The average molecular weight is 443 g/mol. The highest BCUT2D eigenvalue weighted by Gasteiger charge is 1.98. The monoisotopic (exact) mass is 442 g/mol. The quantitative estimate of drug-likeness (QED) is 0.0969. The molecule has 0 amide bonds. The second kappa shape index (κ2) is 26.1. The molecule has 11 heteroatoms. The predicted molar refractivity (Wildman–Crippen MR) is 102 cm³/mol. The first-order valence-electron chi connectivity index (χ1n) is 10.9. The molecule has 0 aromatic heterocycles. The topological polar surface area (TPSA) is 131 Å². The zero-order valence-corrected chi connectivity index (χ0v) is 17.8. The molecule has 0 spiro atoms. The summed E-state index contributed by atoms with van der Waals surface area (Å²) < 4.78 is 0. The molecule has 180 valence electrons. The fourth-order valence-electron chi connectivity index (χ4n) is 3.02. The summed E-state index contributed by atoms with van der Waals surface area (Å²) in [4.78, 5) is 15.0. The van der Waals surface area contributed by atoms with E-state index < -0.39 is 5.97 Å². The normalized spacial score (nSPS) is 11.2. The van der Waals surface area contributed by atoms with Crippen molar-refractivity contribution in [1.82, 2.24) is 0 Å². The molecule has 2 N–H and O–H groups in total. The molecule has 0 fully saturated rings. The number of carboxylic acid groups (broad SMARTS) is 1. The predicted octanol–water partition coefficient (Wildman–Crippen LogP) is 5.71. The number of rotatable bonds is 26. The van der Waals surface area contributed by atoms with Crippen LogP contribution in [0.25, 0.3) is 0 Å². The Morgan fingerprint density at radius 2 is 0.867 bits per heavy atom. The van der Waals surface area contributed by atoms with Gasteiger partial charge in [-0.25, -0.2) is 10.1 Å². The summed E-state index contributed by atoms with van der Waals surface area (Å²) in [5.74, 6) is -0.684. The Balaban J connectivity index is 2.99. The highest BCUT2D eigenvalue weighted by molar-refractivity contribution is 5.66. The minimum absolute atomic E-state index is 0.308. The zero-order valence-electron chi connectivity index (χ0n) is 17.8. The van der Waals surface area contributed by atoms with Gasteiger partial charge in [0.05, 0.1) is 6.61 Å². The summed E-state index contributed by atoms with van der Waals surface area (Å²) in [7, 11) is 0. The molecule has 0 heterocycles. The first-order valence-corrected chi connectivity index (χ1v) is 10.9. The van der Waals surface area contributed by atoms with E-state index in [1.807, 2.05) is 0 Å². The third-order valence-electron chi connectivity index (χ3n) is 4.59. The molecule has 0 saturated heterocycles. The highest BCUT2D eigenvalue weighted by atomic mass is 17.9. The van der Waals surface area contributed by atoms with Crippen LogP contribution in [0.4, 0.5) is 0 Å². The van der Waals surface area contributed by atoms with Gasteiger partial charge in [-0.2, -0.15) is 0 Å². The molecule has 0 radical (unpaired) electrons. The van der Waals surface area contributed by atoms with Crippen LogP contribution in [0.5, 0.6) is 0 Å². The van der Waals surface area contributed by atoms with Crippen molar-refractivity contribution in [2.24, 2.45) is 0 Å². The summed E-state index contributed by atoms with van der Waals surface area (Å²) in [5.41, 5.74) is 0. The molecule has 0 bridgehead atoms. The Kier molecular flexibility index (Phi) is 25.4. The van der Waals surface area contributed by atoms with Crippen molar-refractivity contribution in [3.05, 3.63) is 0 Å². The van der Waals surface area contributed by atoms with E-state index in [0.717, 1.165) is 38.5 Å². The summed E-state index contributed by atoms with van der Waals surface area (Å²) in [6.45, 7) is 0.350. The number of aliphatic carboxylic acids is 1. The molecule has 30 heavy (non-hydrogen) atoms. The van der Waals surface area contributed by atoms with Gasteiger partial charge in [0.1, 0.15) is 0 Å². The van der Waals surface area contributed by atoms with E-state index in [4.69, 9.17) is 10.4 Å². The van der Waals surface area contributed by atoms with Crippen molar-refractivity contribution in [3.8, 4) is 0 Å². The Bertz CT molecular complexity index is 344. The van der Waals surface area contributed by atoms with Crippen LogP contribution in [0.3, 0.4) is 0 Å². The van der Waals surface area contributed by atoms with Gasteiger partial charge < -0.3 is 5.11 Å². The fraction of sp³-hybridized carbons (Fsp3) is 0.947. The van der Waals surface area contributed by atoms with E-state index in [9.17, 15) is 4.79 Å². The van der Waals surface area contributed by atoms with Gasteiger partial charge in [0.25, 0.3) is 0 Å². The lowest BCUT2D eigenvalue weighted by Gasteiger charge is -2.04. The Morgan fingerprint density at radius 1 is 0.500 bits per heavy atom. The number of carboxylic acids is 1. The molecule has 0 rings (SSSR count). The standard InChI is InChI=1S/C19H38O11/c20-19(21)17-15-13-11-9-7-5-3-1-2-4-6-8-10-12-14-16-18-23-25-27-29-30-28-26-24-22/h22H,1-18H2,(H,20,21). The summed E-state index contributed by atoms with van der Waals surface area (Å²) >= 11 is 0. The molecule has 11 nitrogen and oxygen atoms in total. The summed E-state index contributed by atoms with van der Waals surface area (Å²) in [6, 6.07) is 0. The first-order chi connectivity index (χ1) is 14.8. The maximum Gasteiger partial charge on any atom is 0.303 e. The van der Waals surface area contributed by atoms with E-state index in [0.29, 0.717) is 13.0 Å². The van der Waals surface area contributed by atoms with Crippen LogP contribution in [0.2, 0.25) is 0 Å². The van der Waals surface area contributed by atoms with Crippen LogP contribution in [0.15, 0.2) is 0 Å². The highest BCUT2D eigenvalue weighted by Crippen LogP contribution is 2.14. The van der Waals surface area contributed by atoms with Crippen LogP contribution in [-0.2, 0) is 45.0 Å². The van der Waals surface area contributed by atoms with Crippen LogP contribution in [-0.4, -0.2) is 22.9 Å². The smallest absolute Gasteiger partial charge is 0.303 e. The molecule has 0 aromatic rings. The van der Waals surface area contributed by atoms with Gasteiger partial charge in [0, 0.05) is 6.42 Å². The van der Waals surface area contributed by atoms with Crippen molar-refractivity contribution < 1.29 is 55.3 Å². The van der Waals surface area contributed by atoms with Gasteiger partial charge in [-0.3, -0.25) is 4.79 Å². The van der Waals surface area contributed by atoms with Gasteiger partial charge in [-0.1, -0.05) is 89.9 Å². The third kappa shape index (κ3) is 27.1. The van der Waals surface area contributed by atoms with Gasteiger partial charge in [-0.05, 0) is 48.1 Å². The maximum absolute atomic E-state index is 10.4. The Hall–Kier alpha value is -0.890. The largest absolute Gasteiger partial charge is 0.481 e. The molecular formula is C19H38O11. The van der Waals surface area contributed by atoms with Crippen LogP contribution < -0.4 is 0 Å². The lowest BCUT2D eigenvalue weighted by molar-refractivity contribution is -0.830. The van der Waals surface area contributed by atoms with Crippen molar-refractivity contribution in [2.75, 3.05) is 6.61 Å². The van der Waals surface area contributed by atoms with E-state index in [-0.39, 0.29) is 0 Å². The number of hydrogen-bond acceptors (Lipinski definition) is 10. The van der Waals surface area contributed by atoms with Gasteiger partial charge >= 0.3 is 5.97 Å². The molecular weight excluding hydrogens is 404 g/mol. The fourth-order valence-corrected chi connectivity index (χ4v) is 3.02. The lowest BCUT2D eigenvalue weighted by atomic mass is 10.0. The van der Waals surface area contributed by atoms with Crippen molar-refractivity contribution in [3.63, 3.8) is 0 Å². The van der Waals surface area contributed by atoms with E-state index in [1.54, 1.807) is 0 Å². The Morgan fingerprint density at radius 3 is 1.30 bits per heavy atom. The number of carbonyl (C=O) groups is 1. The lowest BCUT2D eigenvalue weighted by Crippen LogP contribution is -2.02. The third-order valence-corrected chi connectivity index (χ3v) is 4.59. The second-order valence-corrected chi connectivity index (χ2v) is 7.11.